The minimum Gasteiger partial charge on any atom is -0.323 e. The first-order chi connectivity index (χ1) is 8.00. The van der Waals surface area contributed by atoms with E-state index in [1.165, 1.54) is 31.4 Å². The van der Waals surface area contributed by atoms with E-state index in [-0.39, 0.29) is 0 Å². The molecule has 17 heavy (non-hydrogen) atoms. The smallest absolute Gasteiger partial charge is 0.0330 e. The maximum atomic E-state index is 3.55. The van der Waals surface area contributed by atoms with Crippen LogP contribution in [-0.2, 0) is 0 Å². The summed E-state index contributed by atoms with van der Waals surface area (Å²) in [5.74, 6) is 0.643. The van der Waals surface area contributed by atoms with E-state index in [9.17, 15) is 0 Å². The molecular weight excluding hydrogens is 210 g/mol. The predicted octanol–water partition coefficient (Wildman–Crippen LogP) is 2.22. The quantitative estimate of drug-likeness (QED) is 0.759. The van der Waals surface area contributed by atoms with E-state index < -0.39 is 0 Å². The lowest BCUT2D eigenvalue weighted by Crippen LogP contribution is -2.51. The van der Waals surface area contributed by atoms with Crippen LogP contribution in [0.3, 0.4) is 0 Å². The standard InChI is InChI=1S/C14H27N3/c1-10(2)14-12(15-16(3)4)9-11-7-6-8-13(14)17(11)5/h10-11,13,15H,6-9H2,1-5H3. The van der Waals surface area contributed by atoms with Crippen LogP contribution in [0.5, 0.6) is 0 Å². The van der Waals surface area contributed by atoms with Crippen molar-refractivity contribution >= 4 is 0 Å². The van der Waals surface area contributed by atoms with Gasteiger partial charge in [0.25, 0.3) is 0 Å². The number of likely N-dealkylation sites (N-methyl/N-ethyl adjacent to an activating group) is 1. The van der Waals surface area contributed by atoms with Crippen molar-refractivity contribution < 1.29 is 0 Å². The van der Waals surface area contributed by atoms with E-state index in [0.717, 1.165) is 6.04 Å². The average molecular weight is 237 g/mol. The molecule has 2 atom stereocenters. The topological polar surface area (TPSA) is 18.5 Å². The largest absolute Gasteiger partial charge is 0.323 e. The summed E-state index contributed by atoms with van der Waals surface area (Å²) in [6.07, 6.45) is 5.28. The third-order valence-electron chi connectivity index (χ3n) is 4.21. The van der Waals surface area contributed by atoms with E-state index in [1.807, 2.05) is 0 Å². The number of hydrogen-bond donors (Lipinski definition) is 1. The van der Waals surface area contributed by atoms with E-state index in [2.05, 4.69) is 50.3 Å². The van der Waals surface area contributed by atoms with Gasteiger partial charge in [-0.25, -0.2) is 5.01 Å². The molecule has 0 spiro atoms. The Morgan fingerprint density at radius 1 is 1.29 bits per heavy atom. The molecule has 0 aliphatic carbocycles. The van der Waals surface area contributed by atoms with Crippen LogP contribution >= 0.6 is 0 Å². The molecule has 0 aromatic heterocycles. The van der Waals surface area contributed by atoms with E-state index in [0.29, 0.717) is 12.0 Å². The molecule has 2 unspecified atom stereocenters. The number of nitrogens with zero attached hydrogens (tertiary/aromatic N) is 2. The Kier molecular flexibility index (Phi) is 3.79. The van der Waals surface area contributed by atoms with Gasteiger partial charge in [-0.05, 0) is 37.8 Å². The Morgan fingerprint density at radius 3 is 2.59 bits per heavy atom. The molecule has 1 fully saturated rings. The summed E-state index contributed by atoms with van der Waals surface area (Å²) in [6, 6.07) is 1.42. The fraction of sp³-hybridized carbons (Fsp3) is 0.857. The van der Waals surface area contributed by atoms with Crippen LogP contribution in [-0.4, -0.2) is 43.1 Å². The van der Waals surface area contributed by atoms with Gasteiger partial charge in [-0.1, -0.05) is 13.8 Å². The highest BCUT2D eigenvalue weighted by atomic mass is 15.5. The van der Waals surface area contributed by atoms with Crippen molar-refractivity contribution in [3.8, 4) is 0 Å². The number of hydrazine groups is 1. The Bertz CT molecular complexity index is 307. The third kappa shape index (κ3) is 2.50. The van der Waals surface area contributed by atoms with Crippen molar-refractivity contribution in [1.82, 2.24) is 15.3 Å². The molecule has 98 valence electrons. The van der Waals surface area contributed by atoms with E-state index in [4.69, 9.17) is 0 Å². The van der Waals surface area contributed by atoms with Crippen molar-refractivity contribution in [1.29, 1.82) is 0 Å². The van der Waals surface area contributed by atoms with Gasteiger partial charge in [-0.3, -0.25) is 4.90 Å². The molecule has 2 rings (SSSR count). The van der Waals surface area contributed by atoms with Crippen LogP contribution in [0.1, 0.15) is 39.5 Å². The molecule has 1 N–H and O–H groups in total. The van der Waals surface area contributed by atoms with Crippen LogP contribution in [0.15, 0.2) is 11.3 Å². The van der Waals surface area contributed by atoms with Gasteiger partial charge >= 0.3 is 0 Å². The van der Waals surface area contributed by atoms with Gasteiger partial charge in [-0.15, -0.1) is 0 Å². The second kappa shape index (κ2) is 4.99. The molecule has 2 aliphatic rings. The second-order valence-electron chi connectivity index (χ2n) is 6.06. The molecule has 0 aromatic rings. The summed E-state index contributed by atoms with van der Waals surface area (Å²) < 4.78 is 0. The first-order valence-corrected chi connectivity index (χ1v) is 6.89. The molecule has 3 heteroatoms. The molecule has 2 heterocycles. The molecule has 3 nitrogen and oxygen atoms in total. The van der Waals surface area contributed by atoms with E-state index in [1.54, 1.807) is 5.57 Å². The Labute approximate surface area is 106 Å². The van der Waals surface area contributed by atoms with Crippen molar-refractivity contribution in [2.24, 2.45) is 5.92 Å². The van der Waals surface area contributed by atoms with Gasteiger partial charge in [-0.2, -0.15) is 0 Å². The van der Waals surface area contributed by atoms with Crippen LogP contribution in [0.25, 0.3) is 0 Å². The summed E-state index contributed by atoms with van der Waals surface area (Å²) >= 11 is 0. The molecule has 0 amide bonds. The lowest BCUT2D eigenvalue weighted by Gasteiger charge is -2.47. The van der Waals surface area contributed by atoms with Gasteiger partial charge in [0.2, 0.25) is 0 Å². The van der Waals surface area contributed by atoms with Crippen LogP contribution < -0.4 is 5.43 Å². The van der Waals surface area contributed by atoms with E-state index >= 15 is 0 Å². The van der Waals surface area contributed by atoms with Crippen molar-refractivity contribution in [2.45, 2.75) is 51.6 Å². The molecule has 2 bridgehead atoms. The van der Waals surface area contributed by atoms with Crippen LogP contribution in [0.2, 0.25) is 0 Å². The van der Waals surface area contributed by atoms with Gasteiger partial charge in [0, 0.05) is 38.3 Å². The van der Waals surface area contributed by atoms with Gasteiger partial charge < -0.3 is 5.43 Å². The first kappa shape index (κ1) is 12.9. The minimum atomic E-state index is 0.643. The zero-order valence-corrected chi connectivity index (χ0v) is 12.0. The second-order valence-corrected chi connectivity index (χ2v) is 6.06. The summed E-state index contributed by atoms with van der Waals surface area (Å²) in [6.45, 7) is 4.66. The predicted molar refractivity (Wildman–Crippen MR) is 72.5 cm³/mol. The molecular formula is C14H27N3. The summed E-state index contributed by atoms with van der Waals surface area (Å²) in [5, 5.41) is 2.08. The Balaban J connectivity index is 2.31. The highest BCUT2D eigenvalue weighted by molar-refractivity contribution is 5.26. The molecule has 0 radical (unpaired) electrons. The normalized spacial score (nSPS) is 30.3. The highest BCUT2D eigenvalue weighted by Gasteiger charge is 2.37. The molecule has 0 saturated carbocycles. The number of rotatable bonds is 3. The highest BCUT2D eigenvalue weighted by Crippen LogP contribution is 2.38. The van der Waals surface area contributed by atoms with Crippen LogP contribution in [0.4, 0.5) is 0 Å². The third-order valence-corrected chi connectivity index (χ3v) is 4.21. The maximum Gasteiger partial charge on any atom is 0.0330 e. The van der Waals surface area contributed by atoms with Crippen molar-refractivity contribution in [3.63, 3.8) is 0 Å². The van der Waals surface area contributed by atoms with Gasteiger partial charge in [0.05, 0.1) is 0 Å². The fourth-order valence-electron chi connectivity index (χ4n) is 3.50. The lowest BCUT2D eigenvalue weighted by atomic mass is 9.79. The lowest BCUT2D eigenvalue weighted by molar-refractivity contribution is 0.105. The van der Waals surface area contributed by atoms with Crippen molar-refractivity contribution in [2.75, 3.05) is 21.1 Å². The summed E-state index contributed by atoms with van der Waals surface area (Å²) in [7, 11) is 6.47. The minimum absolute atomic E-state index is 0.643. The average Bonchev–Trinajstić information content (AvgIpc) is 2.18. The monoisotopic (exact) mass is 237 g/mol. The maximum absolute atomic E-state index is 3.55. The number of hydrogen-bond acceptors (Lipinski definition) is 3. The number of fused-ring (bicyclic) bond motifs is 2. The Morgan fingerprint density at radius 2 is 2.00 bits per heavy atom. The molecule has 1 saturated heterocycles. The summed E-state index contributed by atoms with van der Waals surface area (Å²) in [5.41, 5.74) is 6.67. The molecule has 0 aromatic carbocycles. The van der Waals surface area contributed by atoms with Gasteiger partial charge in [0.1, 0.15) is 0 Å². The number of piperidine rings is 1. The fourth-order valence-corrected chi connectivity index (χ4v) is 3.50. The number of nitrogens with one attached hydrogen (secondary N) is 1. The SMILES string of the molecule is CC(C)C1=C(NN(C)C)CC2CCCC1N2C. The van der Waals surface area contributed by atoms with Gasteiger partial charge in [0.15, 0.2) is 0 Å². The first-order valence-electron chi connectivity index (χ1n) is 6.89. The Hall–Kier alpha value is -0.540. The molecule has 2 aliphatic heterocycles. The van der Waals surface area contributed by atoms with Crippen LogP contribution in [0, 0.1) is 5.92 Å². The zero-order valence-electron chi connectivity index (χ0n) is 12.0. The summed E-state index contributed by atoms with van der Waals surface area (Å²) in [4.78, 5) is 2.61. The van der Waals surface area contributed by atoms with Crippen molar-refractivity contribution in [3.05, 3.63) is 11.3 Å². The zero-order chi connectivity index (χ0) is 12.6.